The van der Waals surface area contributed by atoms with Crippen LogP contribution in [0.3, 0.4) is 0 Å². The van der Waals surface area contributed by atoms with Gasteiger partial charge in [-0.1, -0.05) is 47.5 Å². The zero-order chi connectivity index (χ0) is 24.8. The van der Waals surface area contributed by atoms with E-state index < -0.39 is 0 Å². The predicted molar refractivity (Wildman–Crippen MR) is 137 cm³/mol. The number of hydroxylamine groups is 1. The molecule has 2 aromatic carbocycles. The van der Waals surface area contributed by atoms with Crippen molar-refractivity contribution in [2.24, 2.45) is 0 Å². The highest BCUT2D eigenvalue weighted by Gasteiger charge is 2.12. The van der Waals surface area contributed by atoms with Crippen LogP contribution in [-0.2, 0) is 11.3 Å². The third-order valence-electron chi connectivity index (χ3n) is 5.13. The van der Waals surface area contributed by atoms with Gasteiger partial charge in [-0.05, 0) is 50.1 Å². The minimum absolute atomic E-state index is 0.230. The van der Waals surface area contributed by atoms with Gasteiger partial charge in [-0.3, -0.25) is 14.3 Å². The SMILES string of the molecule is CC(C)n1cc(-c2nc(Nc3ccc(CCONC(=O)c4ccccc4)c(Cl)c3)ncc2Cl)cn1. The van der Waals surface area contributed by atoms with Gasteiger partial charge in [0.2, 0.25) is 5.95 Å². The quantitative estimate of drug-likeness (QED) is 0.216. The summed E-state index contributed by atoms with van der Waals surface area (Å²) in [7, 11) is 0. The highest BCUT2D eigenvalue weighted by atomic mass is 35.5. The van der Waals surface area contributed by atoms with Crippen molar-refractivity contribution in [3.63, 3.8) is 0 Å². The summed E-state index contributed by atoms with van der Waals surface area (Å²) in [6.07, 6.45) is 5.71. The van der Waals surface area contributed by atoms with E-state index in [2.05, 4.69) is 25.9 Å². The van der Waals surface area contributed by atoms with Crippen LogP contribution in [0.1, 0.15) is 35.8 Å². The molecule has 0 saturated heterocycles. The van der Waals surface area contributed by atoms with Gasteiger partial charge in [0.05, 0.1) is 29.7 Å². The van der Waals surface area contributed by atoms with Gasteiger partial charge in [-0.15, -0.1) is 0 Å². The Hall–Kier alpha value is -3.46. The summed E-state index contributed by atoms with van der Waals surface area (Å²) >= 11 is 12.8. The molecule has 0 spiro atoms. The van der Waals surface area contributed by atoms with Crippen molar-refractivity contribution < 1.29 is 9.63 Å². The summed E-state index contributed by atoms with van der Waals surface area (Å²) in [5, 5.41) is 8.50. The summed E-state index contributed by atoms with van der Waals surface area (Å²) in [4.78, 5) is 26.1. The molecule has 0 atom stereocenters. The number of halogens is 2. The Morgan fingerprint density at radius 2 is 1.89 bits per heavy atom. The molecular formula is C25H24Cl2N6O2. The first kappa shape index (κ1) is 24.7. The molecule has 0 radical (unpaired) electrons. The van der Waals surface area contributed by atoms with E-state index in [-0.39, 0.29) is 18.6 Å². The fourth-order valence-electron chi connectivity index (χ4n) is 3.26. The smallest absolute Gasteiger partial charge is 0.274 e. The van der Waals surface area contributed by atoms with Gasteiger partial charge >= 0.3 is 0 Å². The van der Waals surface area contributed by atoms with Crippen molar-refractivity contribution in [3.8, 4) is 11.3 Å². The van der Waals surface area contributed by atoms with E-state index in [4.69, 9.17) is 28.0 Å². The molecule has 10 heteroatoms. The molecule has 35 heavy (non-hydrogen) atoms. The van der Waals surface area contributed by atoms with E-state index in [1.165, 1.54) is 0 Å². The number of nitrogens with zero attached hydrogens (tertiary/aromatic N) is 4. The largest absolute Gasteiger partial charge is 0.324 e. The fourth-order valence-corrected chi connectivity index (χ4v) is 3.73. The molecule has 4 aromatic rings. The number of rotatable bonds is 9. The van der Waals surface area contributed by atoms with Crippen LogP contribution >= 0.6 is 23.2 Å². The minimum atomic E-state index is -0.296. The maximum atomic E-state index is 12.0. The first-order valence-electron chi connectivity index (χ1n) is 11.0. The highest BCUT2D eigenvalue weighted by molar-refractivity contribution is 6.33. The molecule has 2 heterocycles. The summed E-state index contributed by atoms with van der Waals surface area (Å²) in [6, 6.07) is 14.6. The number of amides is 1. The van der Waals surface area contributed by atoms with Gasteiger partial charge in [0.15, 0.2) is 0 Å². The zero-order valence-electron chi connectivity index (χ0n) is 19.2. The maximum Gasteiger partial charge on any atom is 0.274 e. The Morgan fingerprint density at radius 1 is 1.09 bits per heavy atom. The molecule has 8 nitrogen and oxygen atoms in total. The number of carbonyl (C=O) groups is 1. The van der Waals surface area contributed by atoms with Gasteiger partial charge in [-0.25, -0.2) is 15.4 Å². The Balaban J connectivity index is 1.36. The second-order valence-corrected chi connectivity index (χ2v) is 8.83. The lowest BCUT2D eigenvalue weighted by molar-refractivity contribution is 0.0324. The summed E-state index contributed by atoms with van der Waals surface area (Å²) in [5.74, 6) is 0.0904. The lowest BCUT2D eigenvalue weighted by Gasteiger charge is -2.10. The van der Waals surface area contributed by atoms with Gasteiger partial charge in [0, 0.05) is 34.1 Å². The lowest BCUT2D eigenvalue weighted by Crippen LogP contribution is -2.24. The van der Waals surface area contributed by atoms with Crippen LogP contribution in [0.25, 0.3) is 11.3 Å². The van der Waals surface area contributed by atoms with Crippen molar-refractivity contribution in [2.75, 3.05) is 11.9 Å². The average molecular weight is 511 g/mol. The maximum absolute atomic E-state index is 12.0. The van der Waals surface area contributed by atoms with Crippen LogP contribution in [0, 0.1) is 0 Å². The number of anilines is 2. The molecule has 0 aliphatic carbocycles. The summed E-state index contributed by atoms with van der Waals surface area (Å²) < 4.78 is 1.84. The zero-order valence-corrected chi connectivity index (χ0v) is 20.7. The van der Waals surface area contributed by atoms with Gasteiger partial charge in [0.25, 0.3) is 5.91 Å². The predicted octanol–water partition coefficient (Wildman–Crippen LogP) is 5.88. The normalized spacial score (nSPS) is 11.0. The van der Waals surface area contributed by atoms with Crippen LogP contribution in [0.4, 0.5) is 11.6 Å². The molecule has 180 valence electrons. The van der Waals surface area contributed by atoms with E-state index in [1.807, 2.05) is 42.9 Å². The second-order valence-electron chi connectivity index (χ2n) is 8.02. The topological polar surface area (TPSA) is 94.0 Å². The van der Waals surface area contributed by atoms with Crippen molar-refractivity contribution in [1.29, 1.82) is 0 Å². The van der Waals surface area contributed by atoms with E-state index in [9.17, 15) is 4.79 Å². The number of hydrogen-bond donors (Lipinski definition) is 2. The van der Waals surface area contributed by atoms with Crippen molar-refractivity contribution in [3.05, 3.63) is 88.3 Å². The third kappa shape index (κ3) is 6.36. The molecule has 0 saturated carbocycles. The first-order valence-corrected chi connectivity index (χ1v) is 11.8. The van der Waals surface area contributed by atoms with E-state index in [0.717, 1.165) is 16.8 Å². The average Bonchev–Trinajstić information content (AvgIpc) is 3.35. The number of nitrogens with one attached hydrogen (secondary N) is 2. The number of hydrogen-bond acceptors (Lipinski definition) is 6. The number of aromatic nitrogens is 4. The molecule has 0 bridgehead atoms. The molecule has 2 aromatic heterocycles. The Bertz CT molecular complexity index is 1310. The van der Waals surface area contributed by atoms with E-state index in [1.54, 1.807) is 42.7 Å². The van der Waals surface area contributed by atoms with Crippen LogP contribution in [0.15, 0.2) is 67.1 Å². The molecule has 0 aliphatic heterocycles. The highest BCUT2D eigenvalue weighted by Crippen LogP contribution is 2.28. The molecular weight excluding hydrogens is 487 g/mol. The second kappa shape index (κ2) is 11.3. The van der Waals surface area contributed by atoms with Gasteiger partial charge in [-0.2, -0.15) is 5.10 Å². The number of carbonyl (C=O) groups excluding carboxylic acids is 1. The minimum Gasteiger partial charge on any atom is -0.324 e. The Kier molecular flexibility index (Phi) is 7.97. The molecule has 0 fully saturated rings. The standard InChI is InChI=1S/C25H24Cl2N6O2/c1-16(2)33-15-19(13-29-33)23-22(27)14-28-25(31-23)30-20-9-8-17(21(26)12-20)10-11-35-32-24(34)18-6-4-3-5-7-18/h3-9,12-16H,10-11H2,1-2H3,(H,32,34)(H,28,30,31). The molecule has 2 N–H and O–H groups in total. The van der Waals surface area contributed by atoms with E-state index in [0.29, 0.717) is 33.7 Å². The van der Waals surface area contributed by atoms with E-state index >= 15 is 0 Å². The Labute approximate surface area is 213 Å². The molecule has 0 unspecified atom stereocenters. The van der Waals surface area contributed by atoms with Crippen molar-refractivity contribution in [2.45, 2.75) is 26.3 Å². The Morgan fingerprint density at radius 3 is 2.60 bits per heavy atom. The summed E-state index contributed by atoms with van der Waals surface area (Å²) in [6.45, 7) is 4.37. The van der Waals surface area contributed by atoms with Gasteiger partial charge in [0.1, 0.15) is 0 Å². The third-order valence-corrected chi connectivity index (χ3v) is 5.76. The monoisotopic (exact) mass is 510 g/mol. The fraction of sp³-hybridized carbons (Fsp3) is 0.200. The summed E-state index contributed by atoms with van der Waals surface area (Å²) in [5.41, 5.74) is 5.97. The van der Waals surface area contributed by atoms with Crippen molar-refractivity contribution in [1.82, 2.24) is 25.2 Å². The molecule has 4 rings (SSSR count). The van der Waals surface area contributed by atoms with Gasteiger partial charge < -0.3 is 5.32 Å². The van der Waals surface area contributed by atoms with Crippen LogP contribution in [0.5, 0.6) is 0 Å². The lowest BCUT2D eigenvalue weighted by atomic mass is 10.1. The first-order chi connectivity index (χ1) is 16.9. The number of benzene rings is 2. The van der Waals surface area contributed by atoms with Crippen LogP contribution < -0.4 is 10.8 Å². The van der Waals surface area contributed by atoms with Crippen molar-refractivity contribution >= 4 is 40.7 Å². The van der Waals surface area contributed by atoms with Crippen LogP contribution in [0.2, 0.25) is 10.0 Å². The molecule has 0 aliphatic rings. The molecule has 1 amide bonds. The van der Waals surface area contributed by atoms with Crippen LogP contribution in [-0.4, -0.2) is 32.3 Å².